The number of carboxylic acid groups (broad SMARTS) is 1. The smallest absolute Gasteiger partial charge is 0.312 e. The van der Waals surface area contributed by atoms with Crippen molar-refractivity contribution in [3.05, 3.63) is 83.6 Å². The molecule has 0 radical (unpaired) electrons. The van der Waals surface area contributed by atoms with Crippen LogP contribution in [0.3, 0.4) is 0 Å². The number of aromatic nitrogens is 3. The van der Waals surface area contributed by atoms with Crippen LogP contribution in [0.25, 0.3) is 10.9 Å². The molecule has 0 saturated carbocycles. The molecule has 0 spiro atoms. The molecule has 1 unspecified atom stereocenters. The second kappa shape index (κ2) is 10.1. The lowest BCUT2D eigenvalue weighted by atomic mass is 9.98. The van der Waals surface area contributed by atoms with Crippen LogP contribution in [0.4, 0.5) is 0 Å². The molecule has 3 heterocycles. The number of carboxylic acids is 1. The molecule has 7 heteroatoms. The maximum atomic E-state index is 12.5. The predicted molar refractivity (Wildman–Crippen MR) is 140 cm³/mol. The Kier molecular flexibility index (Phi) is 7.17. The standard InChI is InChI=1S/C28H31N3O3S/c1-18-9-10-20(30-16-18)17-34-21-11-12-24-22(15-21)26(35-28(2,3)4)25(31(24)5)23(27(32)33)14-19-8-6-7-13-29-19/h6-13,15-16,23H,14,17H2,1-5H3,(H,32,33). The molecule has 0 aliphatic heterocycles. The van der Waals surface area contributed by atoms with Crippen molar-refractivity contribution in [1.82, 2.24) is 14.5 Å². The van der Waals surface area contributed by atoms with E-state index >= 15 is 0 Å². The molecular weight excluding hydrogens is 458 g/mol. The first kappa shape index (κ1) is 24.8. The lowest BCUT2D eigenvalue weighted by molar-refractivity contribution is -0.139. The van der Waals surface area contributed by atoms with Gasteiger partial charge in [0.1, 0.15) is 18.3 Å². The summed E-state index contributed by atoms with van der Waals surface area (Å²) in [4.78, 5) is 22.3. The van der Waals surface area contributed by atoms with Crippen molar-refractivity contribution >= 4 is 28.6 Å². The van der Waals surface area contributed by atoms with E-state index in [4.69, 9.17) is 4.74 Å². The van der Waals surface area contributed by atoms with Gasteiger partial charge in [-0.2, -0.15) is 0 Å². The van der Waals surface area contributed by atoms with Crippen LogP contribution in [-0.2, 0) is 24.9 Å². The van der Waals surface area contributed by atoms with Gasteiger partial charge in [-0.1, -0.05) is 32.9 Å². The Bertz CT molecular complexity index is 1330. The second-order valence-corrected chi connectivity index (χ2v) is 11.5. The highest BCUT2D eigenvalue weighted by Gasteiger charge is 2.31. The van der Waals surface area contributed by atoms with Gasteiger partial charge in [-0.15, -0.1) is 11.8 Å². The molecular formula is C28H31N3O3S. The van der Waals surface area contributed by atoms with Crippen molar-refractivity contribution in [3.63, 3.8) is 0 Å². The normalized spacial score (nSPS) is 12.6. The maximum absolute atomic E-state index is 12.5. The van der Waals surface area contributed by atoms with Crippen molar-refractivity contribution in [2.24, 2.45) is 7.05 Å². The zero-order chi connectivity index (χ0) is 25.2. The number of fused-ring (bicyclic) bond motifs is 1. The van der Waals surface area contributed by atoms with E-state index in [2.05, 4.69) is 30.7 Å². The van der Waals surface area contributed by atoms with Crippen molar-refractivity contribution < 1.29 is 14.6 Å². The molecule has 1 aromatic carbocycles. The summed E-state index contributed by atoms with van der Waals surface area (Å²) in [6.07, 6.45) is 3.85. The van der Waals surface area contributed by atoms with E-state index in [0.717, 1.165) is 44.2 Å². The van der Waals surface area contributed by atoms with Crippen LogP contribution in [0.2, 0.25) is 0 Å². The van der Waals surface area contributed by atoms with Crippen LogP contribution >= 0.6 is 11.8 Å². The third-order valence-corrected chi connectivity index (χ3v) is 6.95. The van der Waals surface area contributed by atoms with E-state index < -0.39 is 11.9 Å². The Morgan fingerprint density at radius 2 is 1.91 bits per heavy atom. The summed E-state index contributed by atoms with van der Waals surface area (Å²) < 4.78 is 7.97. The maximum Gasteiger partial charge on any atom is 0.312 e. The van der Waals surface area contributed by atoms with Gasteiger partial charge in [0.2, 0.25) is 0 Å². The SMILES string of the molecule is Cc1ccc(COc2ccc3c(c2)c(SC(C)(C)C)c(C(Cc2ccccn2)C(=O)O)n3C)nc1. The summed E-state index contributed by atoms with van der Waals surface area (Å²) in [5, 5.41) is 11.3. The molecule has 3 aromatic heterocycles. The fourth-order valence-electron chi connectivity index (χ4n) is 4.07. The number of benzene rings is 1. The number of hydrogen-bond acceptors (Lipinski definition) is 5. The number of carbonyl (C=O) groups is 1. The number of pyridine rings is 2. The quantitative estimate of drug-likeness (QED) is 0.299. The molecule has 4 aromatic rings. The van der Waals surface area contributed by atoms with E-state index in [-0.39, 0.29) is 4.75 Å². The van der Waals surface area contributed by atoms with Crippen molar-refractivity contribution in [3.8, 4) is 5.75 Å². The molecule has 0 amide bonds. The molecule has 35 heavy (non-hydrogen) atoms. The lowest BCUT2D eigenvalue weighted by Gasteiger charge is -2.21. The summed E-state index contributed by atoms with van der Waals surface area (Å²) in [5.41, 5.74) is 4.48. The highest BCUT2D eigenvalue weighted by molar-refractivity contribution is 8.00. The van der Waals surface area contributed by atoms with Crippen LogP contribution in [0.1, 0.15) is 49.3 Å². The molecule has 1 N–H and O–H groups in total. The Hall–Kier alpha value is -3.32. The fraction of sp³-hybridized carbons (Fsp3) is 0.321. The lowest BCUT2D eigenvalue weighted by Crippen LogP contribution is -2.19. The van der Waals surface area contributed by atoms with Crippen LogP contribution in [0.5, 0.6) is 5.75 Å². The zero-order valence-corrected chi connectivity index (χ0v) is 21.6. The van der Waals surface area contributed by atoms with Gasteiger partial charge >= 0.3 is 5.97 Å². The molecule has 0 aliphatic rings. The average molecular weight is 490 g/mol. The number of hydrogen-bond donors (Lipinski definition) is 1. The number of ether oxygens (including phenoxy) is 1. The van der Waals surface area contributed by atoms with Gasteiger partial charge in [-0.05, 0) is 48.9 Å². The third-order valence-electron chi connectivity index (χ3n) is 5.70. The highest BCUT2D eigenvalue weighted by Crippen LogP contribution is 2.44. The summed E-state index contributed by atoms with van der Waals surface area (Å²) in [5.74, 6) is -0.864. The first-order chi connectivity index (χ1) is 16.6. The predicted octanol–water partition coefficient (Wildman–Crippen LogP) is 6.16. The first-order valence-corrected chi connectivity index (χ1v) is 12.4. The number of nitrogens with zero attached hydrogens (tertiary/aromatic N) is 3. The number of rotatable bonds is 8. The molecule has 0 fully saturated rings. The van der Waals surface area contributed by atoms with Gasteiger partial charge in [-0.3, -0.25) is 14.8 Å². The van der Waals surface area contributed by atoms with Gasteiger partial charge in [0.25, 0.3) is 0 Å². The molecule has 182 valence electrons. The van der Waals surface area contributed by atoms with E-state index in [0.29, 0.717) is 13.0 Å². The number of aryl methyl sites for hydroxylation is 2. The molecule has 0 aliphatic carbocycles. The van der Waals surface area contributed by atoms with Crippen molar-refractivity contribution in [1.29, 1.82) is 0 Å². The van der Waals surface area contributed by atoms with Crippen LogP contribution in [0, 0.1) is 6.92 Å². The van der Waals surface area contributed by atoms with Crippen molar-refractivity contribution in [2.45, 2.75) is 56.3 Å². The van der Waals surface area contributed by atoms with E-state index in [9.17, 15) is 9.90 Å². The average Bonchev–Trinajstić information content (AvgIpc) is 3.07. The highest BCUT2D eigenvalue weighted by atomic mass is 32.2. The van der Waals surface area contributed by atoms with Crippen molar-refractivity contribution in [2.75, 3.05) is 0 Å². The Morgan fingerprint density at radius 3 is 2.54 bits per heavy atom. The first-order valence-electron chi connectivity index (χ1n) is 11.6. The zero-order valence-electron chi connectivity index (χ0n) is 20.8. The summed E-state index contributed by atoms with van der Waals surface area (Å²) in [6.45, 7) is 8.78. The minimum atomic E-state index is -0.862. The van der Waals surface area contributed by atoms with Gasteiger partial charge in [-0.25, -0.2) is 0 Å². The van der Waals surface area contributed by atoms with Gasteiger partial charge in [0.05, 0.1) is 5.69 Å². The van der Waals surface area contributed by atoms with Gasteiger partial charge in [0.15, 0.2) is 0 Å². The Balaban J connectivity index is 1.76. The second-order valence-electron chi connectivity index (χ2n) is 9.70. The third kappa shape index (κ3) is 5.85. The summed E-state index contributed by atoms with van der Waals surface area (Å²) in [6, 6.07) is 15.5. The largest absolute Gasteiger partial charge is 0.487 e. The topological polar surface area (TPSA) is 77.2 Å². The Morgan fingerprint density at radius 1 is 1.11 bits per heavy atom. The summed E-state index contributed by atoms with van der Waals surface area (Å²) >= 11 is 1.69. The van der Waals surface area contributed by atoms with E-state index in [1.165, 1.54) is 0 Å². The molecule has 0 saturated heterocycles. The Labute approximate surface area is 210 Å². The van der Waals surface area contributed by atoms with Gasteiger partial charge in [0, 0.05) is 57.8 Å². The minimum Gasteiger partial charge on any atom is -0.487 e. The van der Waals surface area contributed by atoms with Gasteiger partial charge < -0.3 is 14.4 Å². The number of thioether (sulfide) groups is 1. The monoisotopic (exact) mass is 489 g/mol. The number of aliphatic carboxylic acids is 1. The minimum absolute atomic E-state index is 0.111. The van der Waals surface area contributed by atoms with Crippen LogP contribution < -0.4 is 4.74 Å². The molecule has 4 rings (SSSR count). The molecule has 6 nitrogen and oxygen atoms in total. The fourth-order valence-corrected chi connectivity index (χ4v) is 5.34. The van der Waals surface area contributed by atoms with E-state index in [1.807, 2.05) is 73.3 Å². The van der Waals surface area contributed by atoms with E-state index in [1.54, 1.807) is 18.0 Å². The van der Waals surface area contributed by atoms with Crippen LogP contribution in [0.15, 0.2) is 65.8 Å². The van der Waals surface area contributed by atoms with Crippen LogP contribution in [-0.4, -0.2) is 30.4 Å². The summed E-state index contributed by atoms with van der Waals surface area (Å²) in [7, 11) is 1.94. The molecule has 1 atom stereocenters. The molecule has 0 bridgehead atoms.